The standard InChI is InChI=1S/C24H27F2N5O/c1-14(2)29-24-28-13-18-8-6-16(11-21(18)30-24)23(32)31-22(20-4-3-9-27-20)15-5-7-17(12-25)19(26)10-15/h5-8,10-11,13-14,20,22,27H,3-4,9,12H2,1-2H3,(H,31,32)(H,28,29,30)/t20-,22+/m1/s1. The summed E-state index contributed by atoms with van der Waals surface area (Å²) >= 11 is 0. The highest BCUT2D eigenvalue weighted by atomic mass is 19.1. The number of anilines is 1. The van der Waals surface area contributed by atoms with Crippen molar-refractivity contribution in [2.45, 2.75) is 51.5 Å². The van der Waals surface area contributed by atoms with Gasteiger partial charge in [-0.15, -0.1) is 0 Å². The van der Waals surface area contributed by atoms with Crippen molar-refractivity contribution in [1.82, 2.24) is 20.6 Å². The summed E-state index contributed by atoms with van der Waals surface area (Å²) in [7, 11) is 0. The number of carbonyl (C=O) groups is 1. The van der Waals surface area contributed by atoms with Gasteiger partial charge in [-0.2, -0.15) is 0 Å². The van der Waals surface area contributed by atoms with Gasteiger partial charge in [-0.3, -0.25) is 4.79 Å². The molecule has 1 aliphatic rings. The highest BCUT2D eigenvalue weighted by Crippen LogP contribution is 2.26. The molecule has 1 aromatic heterocycles. The molecule has 8 heteroatoms. The molecule has 1 fully saturated rings. The Bertz CT molecular complexity index is 1110. The van der Waals surface area contributed by atoms with Crippen molar-refractivity contribution in [2.24, 2.45) is 0 Å². The number of carbonyl (C=O) groups excluding carboxylic acids is 1. The van der Waals surface area contributed by atoms with Crippen LogP contribution in [0.4, 0.5) is 14.7 Å². The molecule has 2 aromatic carbocycles. The largest absolute Gasteiger partial charge is 0.352 e. The molecule has 3 N–H and O–H groups in total. The number of rotatable bonds is 7. The number of aromatic nitrogens is 2. The number of hydrogen-bond donors (Lipinski definition) is 3. The lowest BCUT2D eigenvalue weighted by Crippen LogP contribution is -2.41. The SMILES string of the molecule is CC(C)Nc1ncc2ccc(C(=O)N[C@@H](c3ccc(CF)c(F)c3)[C@H]3CCCN3)cc2n1. The lowest BCUT2D eigenvalue weighted by molar-refractivity contribution is 0.0928. The molecule has 2 heterocycles. The van der Waals surface area contributed by atoms with Gasteiger partial charge in [0.15, 0.2) is 0 Å². The summed E-state index contributed by atoms with van der Waals surface area (Å²) in [6.07, 6.45) is 3.54. The van der Waals surface area contributed by atoms with Crippen molar-refractivity contribution in [2.75, 3.05) is 11.9 Å². The first-order valence-corrected chi connectivity index (χ1v) is 10.9. The Kier molecular flexibility index (Phi) is 6.60. The number of nitrogens with zero attached hydrogens (tertiary/aromatic N) is 2. The van der Waals surface area contributed by atoms with Gasteiger partial charge < -0.3 is 16.0 Å². The summed E-state index contributed by atoms with van der Waals surface area (Å²) in [4.78, 5) is 21.9. The molecule has 0 unspecified atom stereocenters. The van der Waals surface area contributed by atoms with E-state index in [9.17, 15) is 13.6 Å². The number of amides is 1. The summed E-state index contributed by atoms with van der Waals surface area (Å²) in [5.74, 6) is -0.381. The molecule has 6 nitrogen and oxygen atoms in total. The molecule has 0 radical (unpaired) electrons. The molecule has 3 aromatic rings. The van der Waals surface area contributed by atoms with Gasteiger partial charge in [0.1, 0.15) is 12.5 Å². The summed E-state index contributed by atoms with van der Waals surface area (Å²) < 4.78 is 27.2. The fourth-order valence-corrected chi connectivity index (χ4v) is 3.99. The normalized spacial score (nSPS) is 17.0. The summed E-state index contributed by atoms with van der Waals surface area (Å²) in [5.41, 5.74) is 1.73. The maximum absolute atomic E-state index is 14.3. The quantitative estimate of drug-likeness (QED) is 0.512. The number of benzene rings is 2. The van der Waals surface area contributed by atoms with E-state index < -0.39 is 18.5 Å². The van der Waals surface area contributed by atoms with Crippen LogP contribution in [0.3, 0.4) is 0 Å². The third-order valence-electron chi connectivity index (χ3n) is 5.63. The zero-order chi connectivity index (χ0) is 22.7. The highest BCUT2D eigenvalue weighted by molar-refractivity contribution is 5.98. The molecular weight excluding hydrogens is 412 g/mol. The first-order chi connectivity index (χ1) is 15.4. The zero-order valence-electron chi connectivity index (χ0n) is 18.2. The van der Waals surface area contributed by atoms with Crippen LogP contribution in [0.25, 0.3) is 10.9 Å². The Hall–Kier alpha value is -3.13. The zero-order valence-corrected chi connectivity index (χ0v) is 18.2. The van der Waals surface area contributed by atoms with Crippen molar-refractivity contribution in [3.05, 3.63) is 65.1 Å². The van der Waals surface area contributed by atoms with Gasteiger partial charge in [-0.1, -0.05) is 18.2 Å². The minimum absolute atomic E-state index is 0.0123. The van der Waals surface area contributed by atoms with Gasteiger partial charge in [-0.05, 0) is 57.0 Å². The van der Waals surface area contributed by atoms with E-state index >= 15 is 0 Å². The van der Waals surface area contributed by atoms with Crippen LogP contribution in [-0.2, 0) is 6.67 Å². The maximum Gasteiger partial charge on any atom is 0.251 e. The van der Waals surface area contributed by atoms with Gasteiger partial charge in [0, 0.05) is 34.8 Å². The van der Waals surface area contributed by atoms with Crippen LogP contribution in [0.1, 0.15) is 54.2 Å². The highest BCUT2D eigenvalue weighted by Gasteiger charge is 2.28. The molecule has 0 aliphatic carbocycles. The average Bonchev–Trinajstić information content (AvgIpc) is 3.31. The van der Waals surface area contributed by atoms with Gasteiger partial charge in [0.2, 0.25) is 5.95 Å². The Morgan fingerprint density at radius 1 is 1.25 bits per heavy atom. The van der Waals surface area contributed by atoms with Crippen LogP contribution in [0.2, 0.25) is 0 Å². The van der Waals surface area contributed by atoms with E-state index in [0.717, 1.165) is 24.8 Å². The third kappa shape index (κ3) is 4.85. The third-order valence-corrected chi connectivity index (χ3v) is 5.63. The van der Waals surface area contributed by atoms with E-state index in [2.05, 4.69) is 25.9 Å². The molecule has 0 saturated carbocycles. The van der Waals surface area contributed by atoms with Crippen molar-refractivity contribution in [1.29, 1.82) is 0 Å². The summed E-state index contributed by atoms with van der Waals surface area (Å²) in [6.45, 7) is 3.97. The van der Waals surface area contributed by atoms with Crippen LogP contribution in [0, 0.1) is 5.82 Å². The summed E-state index contributed by atoms with van der Waals surface area (Å²) in [5, 5.41) is 10.4. The number of hydrogen-bond acceptors (Lipinski definition) is 5. The maximum atomic E-state index is 14.3. The van der Waals surface area contributed by atoms with E-state index in [1.165, 1.54) is 12.1 Å². The summed E-state index contributed by atoms with van der Waals surface area (Å²) in [6, 6.07) is 9.41. The topological polar surface area (TPSA) is 78.9 Å². The van der Waals surface area contributed by atoms with Crippen molar-refractivity contribution >= 4 is 22.8 Å². The van der Waals surface area contributed by atoms with Gasteiger partial charge in [-0.25, -0.2) is 18.7 Å². The van der Waals surface area contributed by atoms with Crippen LogP contribution in [0.5, 0.6) is 0 Å². The molecule has 1 aliphatic heterocycles. The van der Waals surface area contributed by atoms with Gasteiger partial charge in [0.05, 0.1) is 11.6 Å². The Morgan fingerprint density at radius 3 is 2.78 bits per heavy atom. The van der Waals surface area contributed by atoms with E-state index in [4.69, 9.17) is 0 Å². The molecule has 1 amide bonds. The van der Waals surface area contributed by atoms with Crippen molar-refractivity contribution in [3.8, 4) is 0 Å². The van der Waals surface area contributed by atoms with E-state index in [1.54, 1.807) is 24.4 Å². The number of halogens is 2. The molecular formula is C24H27F2N5O. The molecule has 0 spiro atoms. The van der Waals surface area contributed by atoms with Gasteiger partial charge >= 0.3 is 0 Å². The predicted octanol–water partition coefficient (Wildman–Crippen LogP) is 4.28. The van der Waals surface area contributed by atoms with Crippen molar-refractivity contribution < 1.29 is 13.6 Å². The second-order valence-corrected chi connectivity index (χ2v) is 8.40. The molecule has 4 rings (SSSR count). The van der Waals surface area contributed by atoms with E-state index in [1.807, 2.05) is 19.9 Å². The smallest absolute Gasteiger partial charge is 0.251 e. The molecule has 32 heavy (non-hydrogen) atoms. The fraction of sp³-hybridized carbons (Fsp3) is 0.375. The van der Waals surface area contributed by atoms with Gasteiger partial charge in [0.25, 0.3) is 5.91 Å². The van der Waals surface area contributed by atoms with E-state index in [-0.39, 0.29) is 23.6 Å². The number of fused-ring (bicyclic) bond motifs is 1. The lowest BCUT2D eigenvalue weighted by atomic mass is 9.96. The minimum atomic E-state index is -0.864. The predicted molar refractivity (Wildman–Crippen MR) is 121 cm³/mol. The first kappa shape index (κ1) is 22.1. The number of alkyl halides is 1. The van der Waals surface area contributed by atoms with Crippen LogP contribution in [0.15, 0.2) is 42.6 Å². The monoisotopic (exact) mass is 439 g/mol. The van der Waals surface area contributed by atoms with Crippen LogP contribution >= 0.6 is 0 Å². The molecule has 1 saturated heterocycles. The molecule has 2 atom stereocenters. The second kappa shape index (κ2) is 9.56. The second-order valence-electron chi connectivity index (χ2n) is 8.40. The Labute approximate surface area is 185 Å². The minimum Gasteiger partial charge on any atom is -0.352 e. The van der Waals surface area contributed by atoms with Crippen molar-refractivity contribution in [3.63, 3.8) is 0 Å². The molecule has 0 bridgehead atoms. The van der Waals surface area contributed by atoms with E-state index in [0.29, 0.717) is 22.6 Å². The Balaban J connectivity index is 1.61. The fourth-order valence-electron chi connectivity index (χ4n) is 3.99. The molecule has 168 valence electrons. The number of nitrogens with one attached hydrogen (secondary N) is 3. The Morgan fingerprint density at radius 2 is 2.09 bits per heavy atom. The first-order valence-electron chi connectivity index (χ1n) is 10.9. The van der Waals surface area contributed by atoms with Crippen LogP contribution in [-0.4, -0.2) is 34.5 Å². The lowest BCUT2D eigenvalue weighted by Gasteiger charge is -2.26. The average molecular weight is 440 g/mol. The van der Waals surface area contributed by atoms with Crippen LogP contribution < -0.4 is 16.0 Å².